The number of alkyl halides is 3. The number of nitrogens with zero attached hydrogens (tertiary/aromatic N) is 2. The fraction of sp³-hybridized carbons (Fsp3) is 0.583. The second-order valence-electron chi connectivity index (χ2n) is 4.86. The Bertz CT molecular complexity index is 422. The van der Waals surface area contributed by atoms with Crippen molar-refractivity contribution >= 4 is 11.5 Å². The van der Waals surface area contributed by atoms with Gasteiger partial charge in [0.2, 0.25) is 0 Å². The Morgan fingerprint density at radius 2 is 2.26 bits per heavy atom. The summed E-state index contributed by atoms with van der Waals surface area (Å²) in [5.41, 5.74) is 6.40. The molecule has 1 saturated heterocycles. The molecule has 1 aliphatic rings. The lowest BCUT2D eigenvalue weighted by Crippen LogP contribution is -2.33. The smallest absolute Gasteiger partial charge is 0.385 e. The second-order valence-corrected chi connectivity index (χ2v) is 4.86. The monoisotopic (exact) mass is 274 g/mol. The molecule has 1 aromatic heterocycles. The third-order valence-corrected chi connectivity index (χ3v) is 3.15. The van der Waals surface area contributed by atoms with Crippen LogP contribution in [0.25, 0.3) is 0 Å². The number of nitrogen functional groups attached to an aromatic ring is 1. The van der Waals surface area contributed by atoms with Gasteiger partial charge < -0.3 is 11.1 Å². The van der Waals surface area contributed by atoms with Crippen LogP contribution in [-0.2, 0) is 0 Å². The fourth-order valence-corrected chi connectivity index (χ4v) is 2.30. The van der Waals surface area contributed by atoms with E-state index in [2.05, 4.69) is 10.3 Å². The third kappa shape index (κ3) is 4.59. The number of likely N-dealkylation sites (tertiary alicyclic amines) is 1. The molecule has 2 rings (SSSR count). The van der Waals surface area contributed by atoms with E-state index in [1.54, 1.807) is 18.3 Å². The Labute approximate surface area is 109 Å². The molecule has 1 fully saturated rings. The van der Waals surface area contributed by atoms with Gasteiger partial charge in [-0.15, -0.1) is 0 Å². The van der Waals surface area contributed by atoms with Gasteiger partial charge in [0.05, 0.1) is 6.54 Å². The molecule has 106 valence electrons. The van der Waals surface area contributed by atoms with Gasteiger partial charge in [-0.05, 0) is 24.9 Å². The molecule has 0 bridgehead atoms. The van der Waals surface area contributed by atoms with Gasteiger partial charge in [-0.3, -0.25) is 4.90 Å². The van der Waals surface area contributed by atoms with Crippen LogP contribution in [-0.4, -0.2) is 42.2 Å². The molecule has 0 aromatic carbocycles. The minimum atomic E-state index is -4.11. The van der Waals surface area contributed by atoms with Crippen LogP contribution in [0.3, 0.4) is 0 Å². The van der Waals surface area contributed by atoms with Gasteiger partial charge in [-0.2, -0.15) is 13.2 Å². The molecule has 19 heavy (non-hydrogen) atoms. The molecule has 0 radical (unpaired) electrons. The summed E-state index contributed by atoms with van der Waals surface area (Å²) in [7, 11) is 0. The molecule has 0 aliphatic carbocycles. The van der Waals surface area contributed by atoms with Crippen molar-refractivity contribution in [1.82, 2.24) is 9.88 Å². The summed E-state index contributed by atoms with van der Waals surface area (Å²) >= 11 is 0. The lowest BCUT2D eigenvalue weighted by molar-refractivity contribution is -0.143. The first kappa shape index (κ1) is 13.9. The number of anilines is 2. The van der Waals surface area contributed by atoms with Gasteiger partial charge in [0.1, 0.15) is 5.82 Å². The number of aromatic nitrogens is 1. The molecule has 0 spiro atoms. The summed E-state index contributed by atoms with van der Waals surface area (Å²) < 4.78 is 36.8. The average molecular weight is 274 g/mol. The van der Waals surface area contributed by atoms with Crippen LogP contribution < -0.4 is 11.1 Å². The first-order valence-electron chi connectivity index (χ1n) is 6.17. The number of nitrogens with one attached hydrogen (secondary N) is 1. The van der Waals surface area contributed by atoms with E-state index in [0.29, 0.717) is 25.5 Å². The molecular weight excluding hydrogens is 257 g/mol. The van der Waals surface area contributed by atoms with Gasteiger partial charge in [0.15, 0.2) is 0 Å². The lowest BCUT2D eigenvalue weighted by Gasteiger charge is -2.18. The molecule has 1 aromatic rings. The number of nitrogens with two attached hydrogens (primary N) is 1. The number of hydrogen-bond donors (Lipinski definition) is 2. The minimum Gasteiger partial charge on any atom is -0.385 e. The highest BCUT2D eigenvalue weighted by Gasteiger charge is 2.34. The van der Waals surface area contributed by atoms with E-state index < -0.39 is 12.7 Å². The minimum absolute atomic E-state index is 0.233. The SMILES string of the molecule is Nc1cc(NCC2CCN(CC(F)(F)F)C2)ccn1. The molecule has 7 heteroatoms. The van der Waals surface area contributed by atoms with Crippen LogP contribution in [0.1, 0.15) is 6.42 Å². The van der Waals surface area contributed by atoms with Crippen molar-refractivity contribution in [2.75, 3.05) is 37.2 Å². The summed E-state index contributed by atoms with van der Waals surface area (Å²) in [4.78, 5) is 5.33. The second kappa shape index (κ2) is 5.64. The maximum atomic E-state index is 12.3. The molecule has 1 unspecified atom stereocenters. The molecule has 0 amide bonds. The summed E-state index contributed by atoms with van der Waals surface area (Å²) in [5, 5.41) is 3.18. The molecule has 2 heterocycles. The van der Waals surface area contributed by atoms with E-state index in [4.69, 9.17) is 5.73 Å². The van der Waals surface area contributed by atoms with Crippen molar-refractivity contribution < 1.29 is 13.2 Å². The average Bonchev–Trinajstić information content (AvgIpc) is 2.72. The first-order chi connectivity index (χ1) is 8.92. The Balaban J connectivity index is 1.76. The van der Waals surface area contributed by atoms with Crippen LogP contribution in [0.5, 0.6) is 0 Å². The fourth-order valence-electron chi connectivity index (χ4n) is 2.30. The zero-order valence-electron chi connectivity index (χ0n) is 10.5. The van der Waals surface area contributed by atoms with Crippen LogP contribution in [0, 0.1) is 5.92 Å². The van der Waals surface area contributed by atoms with Gasteiger partial charge in [0, 0.05) is 31.0 Å². The van der Waals surface area contributed by atoms with Crippen molar-refractivity contribution in [2.24, 2.45) is 5.92 Å². The highest BCUT2D eigenvalue weighted by atomic mass is 19.4. The molecule has 0 saturated carbocycles. The molecule has 1 atom stereocenters. The molecule has 4 nitrogen and oxygen atoms in total. The zero-order chi connectivity index (χ0) is 13.9. The highest BCUT2D eigenvalue weighted by molar-refractivity contribution is 5.49. The van der Waals surface area contributed by atoms with Crippen LogP contribution in [0.2, 0.25) is 0 Å². The Kier molecular flexibility index (Phi) is 4.14. The summed E-state index contributed by atoms with van der Waals surface area (Å²) in [6, 6.07) is 3.50. The zero-order valence-corrected chi connectivity index (χ0v) is 10.5. The predicted molar refractivity (Wildman–Crippen MR) is 67.7 cm³/mol. The van der Waals surface area contributed by atoms with Crippen LogP contribution in [0.4, 0.5) is 24.7 Å². The quantitative estimate of drug-likeness (QED) is 0.881. The predicted octanol–water partition coefficient (Wildman–Crippen LogP) is 1.96. The Morgan fingerprint density at radius 1 is 1.47 bits per heavy atom. The molecule has 1 aliphatic heterocycles. The van der Waals surface area contributed by atoms with Crippen LogP contribution in [0.15, 0.2) is 18.3 Å². The van der Waals surface area contributed by atoms with E-state index in [1.165, 1.54) is 4.90 Å². The maximum absolute atomic E-state index is 12.3. The van der Waals surface area contributed by atoms with Gasteiger partial charge in [-0.1, -0.05) is 0 Å². The van der Waals surface area contributed by atoms with Gasteiger partial charge >= 0.3 is 6.18 Å². The third-order valence-electron chi connectivity index (χ3n) is 3.15. The topological polar surface area (TPSA) is 54.2 Å². The van der Waals surface area contributed by atoms with E-state index >= 15 is 0 Å². The van der Waals surface area contributed by atoms with E-state index in [-0.39, 0.29) is 5.92 Å². The van der Waals surface area contributed by atoms with Crippen molar-refractivity contribution in [3.63, 3.8) is 0 Å². The maximum Gasteiger partial charge on any atom is 0.401 e. The van der Waals surface area contributed by atoms with E-state index in [1.807, 2.05) is 0 Å². The lowest BCUT2D eigenvalue weighted by atomic mass is 10.1. The summed E-state index contributed by atoms with van der Waals surface area (Å²) in [5.74, 6) is 0.659. The van der Waals surface area contributed by atoms with Crippen LogP contribution >= 0.6 is 0 Å². The van der Waals surface area contributed by atoms with Crippen molar-refractivity contribution in [1.29, 1.82) is 0 Å². The largest absolute Gasteiger partial charge is 0.401 e. The van der Waals surface area contributed by atoms with Gasteiger partial charge in [0.25, 0.3) is 0 Å². The summed E-state index contributed by atoms with van der Waals surface area (Å²) in [6.45, 7) is 0.820. The highest BCUT2D eigenvalue weighted by Crippen LogP contribution is 2.23. The van der Waals surface area contributed by atoms with Crippen molar-refractivity contribution in [3.05, 3.63) is 18.3 Å². The van der Waals surface area contributed by atoms with E-state index in [0.717, 1.165) is 12.1 Å². The van der Waals surface area contributed by atoms with E-state index in [9.17, 15) is 13.2 Å². The Morgan fingerprint density at radius 3 is 2.95 bits per heavy atom. The normalized spacial score (nSPS) is 20.7. The summed E-state index contributed by atoms with van der Waals surface area (Å²) in [6.07, 6.45) is -1.73. The first-order valence-corrected chi connectivity index (χ1v) is 6.17. The van der Waals surface area contributed by atoms with Crippen molar-refractivity contribution in [3.8, 4) is 0 Å². The number of pyridine rings is 1. The standard InChI is InChI=1S/C12H17F3N4/c13-12(14,15)8-19-4-2-9(7-19)6-18-10-1-3-17-11(16)5-10/h1,3,5,9H,2,4,6-8H2,(H3,16,17,18). The van der Waals surface area contributed by atoms with Gasteiger partial charge in [-0.25, -0.2) is 4.98 Å². The number of rotatable bonds is 4. The molecule has 3 N–H and O–H groups in total. The van der Waals surface area contributed by atoms with Crippen molar-refractivity contribution in [2.45, 2.75) is 12.6 Å². The Hall–Kier alpha value is -1.50. The number of hydrogen-bond acceptors (Lipinski definition) is 4. The molecular formula is C12H17F3N4. The number of halogens is 3.